The average Bonchev–Trinajstić information content (AvgIpc) is 3.39. The van der Waals surface area contributed by atoms with Crippen LogP contribution in [0.25, 0.3) is 10.9 Å². The van der Waals surface area contributed by atoms with Crippen molar-refractivity contribution < 1.29 is 9.47 Å². The first-order valence-corrected chi connectivity index (χ1v) is 15.0. The van der Waals surface area contributed by atoms with Crippen LogP contribution >= 0.6 is 0 Å². The molecule has 2 aromatic heterocycles. The third-order valence-corrected chi connectivity index (χ3v) is 8.79. The fraction of sp³-hybridized carbons (Fsp3) is 0.562. The summed E-state index contributed by atoms with van der Waals surface area (Å²) in [5.74, 6) is 0.898. The number of nitrogens with one attached hydrogen (secondary N) is 1. The summed E-state index contributed by atoms with van der Waals surface area (Å²) in [6, 6.07) is 9.10. The molecule has 39 heavy (non-hydrogen) atoms. The molecule has 2 aliphatic heterocycles. The van der Waals surface area contributed by atoms with Crippen LogP contribution in [0.3, 0.4) is 0 Å². The van der Waals surface area contributed by atoms with E-state index in [1.165, 1.54) is 73.2 Å². The topological polar surface area (TPSA) is 62.8 Å². The van der Waals surface area contributed by atoms with Gasteiger partial charge in [0.15, 0.2) is 0 Å². The predicted molar refractivity (Wildman–Crippen MR) is 158 cm³/mol. The molecular formula is C32H43N5O2. The van der Waals surface area contributed by atoms with E-state index in [2.05, 4.69) is 44.4 Å². The van der Waals surface area contributed by atoms with E-state index in [0.717, 1.165) is 68.8 Å². The first-order valence-electron chi connectivity index (χ1n) is 15.0. The lowest BCUT2D eigenvalue weighted by Gasteiger charge is -2.35. The molecule has 1 aromatic carbocycles. The number of methoxy groups -OCH3 is 1. The van der Waals surface area contributed by atoms with Crippen LogP contribution in [0.1, 0.15) is 61.8 Å². The SMILES string of the molecule is COc1cc2c(NC3CCN(c4ccncc4)CC3)c3c(nc2cc1COCCN1CCCC1)CCCCC3. The van der Waals surface area contributed by atoms with Gasteiger partial charge in [0.25, 0.3) is 0 Å². The Morgan fingerprint density at radius 2 is 1.74 bits per heavy atom. The van der Waals surface area contributed by atoms with Crippen molar-refractivity contribution in [1.29, 1.82) is 0 Å². The Kier molecular flexibility index (Phi) is 8.45. The van der Waals surface area contributed by atoms with Gasteiger partial charge >= 0.3 is 0 Å². The van der Waals surface area contributed by atoms with Crippen LogP contribution in [0, 0.1) is 0 Å². The highest BCUT2D eigenvalue weighted by molar-refractivity contribution is 5.95. The highest BCUT2D eigenvalue weighted by Gasteiger charge is 2.24. The molecule has 0 unspecified atom stereocenters. The van der Waals surface area contributed by atoms with E-state index in [9.17, 15) is 0 Å². The Hall–Kier alpha value is -2.90. The van der Waals surface area contributed by atoms with E-state index in [0.29, 0.717) is 12.6 Å². The number of nitrogens with zero attached hydrogens (tertiary/aromatic N) is 4. The highest BCUT2D eigenvalue weighted by Crippen LogP contribution is 2.37. The standard InChI is InChI=1S/C32H43N5O2/c1-38-31-22-28-30(21-24(31)23-39-20-19-36-15-5-6-16-36)35-29-8-4-2-3-7-27(29)32(28)34-25-11-17-37(18-12-25)26-9-13-33-14-10-26/h9-10,13-14,21-22,25H,2-8,11-12,15-20,23H2,1H3,(H,34,35). The van der Waals surface area contributed by atoms with Gasteiger partial charge in [-0.3, -0.25) is 9.97 Å². The summed E-state index contributed by atoms with van der Waals surface area (Å²) in [6.07, 6.45) is 14.5. The van der Waals surface area contributed by atoms with Crippen molar-refractivity contribution in [3.8, 4) is 5.75 Å². The monoisotopic (exact) mass is 529 g/mol. The molecule has 0 atom stereocenters. The van der Waals surface area contributed by atoms with Gasteiger partial charge in [0.05, 0.1) is 25.8 Å². The molecule has 1 N–H and O–H groups in total. The van der Waals surface area contributed by atoms with Crippen LogP contribution in [-0.2, 0) is 24.2 Å². The van der Waals surface area contributed by atoms with Crippen molar-refractivity contribution in [1.82, 2.24) is 14.9 Å². The molecule has 0 spiro atoms. The number of pyridine rings is 2. The van der Waals surface area contributed by atoms with Gasteiger partial charge < -0.3 is 24.6 Å². The number of hydrogen-bond acceptors (Lipinski definition) is 7. The van der Waals surface area contributed by atoms with Crippen molar-refractivity contribution >= 4 is 22.3 Å². The summed E-state index contributed by atoms with van der Waals surface area (Å²) >= 11 is 0. The van der Waals surface area contributed by atoms with Gasteiger partial charge in [0.2, 0.25) is 0 Å². The summed E-state index contributed by atoms with van der Waals surface area (Å²) in [7, 11) is 1.77. The minimum Gasteiger partial charge on any atom is -0.496 e. The van der Waals surface area contributed by atoms with Crippen molar-refractivity contribution in [2.45, 2.75) is 70.4 Å². The quantitative estimate of drug-likeness (QED) is 0.286. The largest absolute Gasteiger partial charge is 0.496 e. The van der Waals surface area contributed by atoms with E-state index in [4.69, 9.17) is 14.5 Å². The lowest BCUT2D eigenvalue weighted by molar-refractivity contribution is 0.0979. The highest BCUT2D eigenvalue weighted by atomic mass is 16.5. The third-order valence-electron chi connectivity index (χ3n) is 8.79. The molecule has 4 heterocycles. The number of aromatic nitrogens is 2. The molecule has 2 fully saturated rings. The fourth-order valence-corrected chi connectivity index (χ4v) is 6.56. The molecule has 3 aromatic rings. The summed E-state index contributed by atoms with van der Waals surface area (Å²) in [5, 5.41) is 5.22. The van der Waals surface area contributed by atoms with E-state index in [-0.39, 0.29) is 0 Å². The van der Waals surface area contributed by atoms with Gasteiger partial charge in [0, 0.05) is 66.1 Å². The lowest BCUT2D eigenvalue weighted by Crippen LogP contribution is -2.39. The van der Waals surface area contributed by atoms with Gasteiger partial charge in [-0.15, -0.1) is 0 Å². The van der Waals surface area contributed by atoms with Crippen molar-refractivity contribution in [3.63, 3.8) is 0 Å². The van der Waals surface area contributed by atoms with Crippen molar-refractivity contribution in [2.24, 2.45) is 0 Å². The predicted octanol–water partition coefficient (Wildman–Crippen LogP) is 5.60. The first-order chi connectivity index (χ1) is 19.3. The summed E-state index contributed by atoms with van der Waals surface area (Å²) in [5.41, 5.74) is 7.41. The molecule has 208 valence electrons. The number of hydrogen-bond donors (Lipinski definition) is 1. The molecule has 0 radical (unpaired) electrons. The Bertz CT molecular complexity index is 1240. The van der Waals surface area contributed by atoms with Crippen molar-refractivity contribution in [2.75, 3.05) is 56.7 Å². The van der Waals surface area contributed by atoms with Crippen molar-refractivity contribution in [3.05, 3.63) is 53.5 Å². The fourth-order valence-electron chi connectivity index (χ4n) is 6.56. The molecule has 0 amide bonds. The zero-order valence-corrected chi connectivity index (χ0v) is 23.5. The third kappa shape index (κ3) is 6.15. The van der Waals surface area contributed by atoms with E-state index in [1.54, 1.807) is 7.11 Å². The number of fused-ring (bicyclic) bond motifs is 2. The van der Waals surface area contributed by atoms with Crippen LogP contribution in [0.4, 0.5) is 11.4 Å². The van der Waals surface area contributed by atoms with Crippen LogP contribution in [0.5, 0.6) is 5.75 Å². The second-order valence-corrected chi connectivity index (χ2v) is 11.4. The molecule has 2 saturated heterocycles. The number of benzene rings is 1. The zero-order chi connectivity index (χ0) is 26.4. The smallest absolute Gasteiger partial charge is 0.125 e. The number of likely N-dealkylation sites (tertiary alicyclic amines) is 1. The Labute approximate surface area is 232 Å². The van der Waals surface area contributed by atoms with Gasteiger partial charge in [-0.05, 0) is 94.3 Å². The molecule has 3 aliphatic rings. The average molecular weight is 530 g/mol. The molecule has 7 nitrogen and oxygen atoms in total. The molecule has 7 heteroatoms. The molecular weight excluding hydrogens is 486 g/mol. The number of piperidine rings is 1. The number of rotatable bonds is 9. The minimum absolute atomic E-state index is 0.445. The summed E-state index contributed by atoms with van der Waals surface area (Å²) in [4.78, 5) is 14.4. The Morgan fingerprint density at radius 1 is 0.949 bits per heavy atom. The van der Waals surface area contributed by atoms with Crippen LogP contribution in [-0.4, -0.2) is 67.4 Å². The van der Waals surface area contributed by atoms with E-state index < -0.39 is 0 Å². The van der Waals surface area contributed by atoms with E-state index in [1.807, 2.05) is 12.4 Å². The minimum atomic E-state index is 0.445. The molecule has 1 aliphatic carbocycles. The summed E-state index contributed by atoms with van der Waals surface area (Å²) < 4.78 is 12.0. The summed E-state index contributed by atoms with van der Waals surface area (Å²) in [6.45, 7) is 6.83. The number of anilines is 2. The van der Waals surface area contributed by atoms with Gasteiger partial charge in [-0.25, -0.2) is 0 Å². The maximum Gasteiger partial charge on any atom is 0.125 e. The van der Waals surface area contributed by atoms with Crippen LogP contribution in [0.2, 0.25) is 0 Å². The molecule has 0 saturated carbocycles. The Balaban J connectivity index is 1.23. The number of aryl methyl sites for hydroxylation is 1. The van der Waals surface area contributed by atoms with Crippen LogP contribution < -0.4 is 15.0 Å². The molecule has 6 rings (SSSR count). The van der Waals surface area contributed by atoms with Crippen LogP contribution in [0.15, 0.2) is 36.7 Å². The molecule has 0 bridgehead atoms. The van der Waals surface area contributed by atoms with Gasteiger partial charge in [-0.1, -0.05) is 6.42 Å². The second-order valence-electron chi connectivity index (χ2n) is 11.4. The van der Waals surface area contributed by atoms with Gasteiger partial charge in [-0.2, -0.15) is 0 Å². The Morgan fingerprint density at radius 3 is 2.54 bits per heavy atom. The van der Waals surface area contributed by atoms with Gasteiger partial charge in [0.1, 0.15) is 5.75 Å². The maximum absolute atomic E-state index is 6.13. The normalized spacial score (nSPS) is 18.7. The zero-order valence-electron chi connectivity index (χ0n) is 23.5. The second kappa shape index (κ2) is 12.5. The number of ether oxygens (including phenoxy) is 2. The lowest BCUT2D eigenvalue weighted by atomic mass is 9.97. The van der Waals surface area contributed by atoms with E-state index >= 15 is 0 Å². The maximum atomic E-state index is 6.13. The first kappa shape index (κ1) is 26.3.